The molecule has 4 atom stereocenters. The minimum absolute atomic E-state index is 0.0771. The van der Waals surface area contributed by atoms with Crippen LogP contribution in [0.15, 0.2) is 18.2 Å². The number of nitrogens with two attached hydrogens (primary N) is 1. The van der Waals surface area contributed by atoms with Crippen molar-refractivity contribution in [2.75, 3.05) is 0 Å². The predicted octanol–water partition coefficient (Wildman–Crippen LogP) is 3.79. The van der Waals surface area contributed by atoms with E-state index in [1.807, 2.05) is 0 Å². The molecule has 0 aromatic heterocycles. The van der Waals surface area contributed by atoms with Crippen molar-refractivity contribution in [2.24, 2.45) is 23.5 Å². The molecule has 3 heteroatoms. The van der Waals surface area contributed by atoms with E-state index in [1.165, 1.54) is 25.7 Å². The standard InChI is InChI=1S/C15H19ClFN/c16-13-3-1-2-11(15(13)17)8-14(18)12-7-9-4-5-10(12)6-9/h1-3,9-10,12,14H,4-8,18H2. The molecule has 2 aliphatic carbocycles. The summed E-state index contributed by atoms with van der Waals surface area (Å²) in [5.74, 6) is 1.96. The van der Waals surface area contributed by atoms with Gasteiger partial charge in [-0.3, -0.25) is 0 Å². The lowest BCUT2D eigenvalue weighted by atomic mass is 9.81. The van der Waals surface area contributed by atoms with Crippen molar-refractivity contribution in [3.8, 4) is 0 Å². The fraction of sp³-hybridized carbons (Fsp3) is 0.600. The zero-order valence-electron chi connectivity index (χ0n) is 10.4. The van der Waals surface area contributed by atoms with Crippen LogP contribution in [-0.2, 0) is 6.42 Å². The van der Waals surface area contributed by atoms with Crippen LogP contribution in [0.3, 0.4) is 0 Å². The van der Waals surface area contributed by atoms with Gasteiger partial charge < -0.3 is 5.73 Å². The van der Waals surface area contributed by atoms with Crippen LogP contribution in [-0.4, -0.2) is 6.04 Å². The third-order valence-corrected chi connectivity index (χ3v) is 5.12. The maximum absolute atomic E-state index is 13.8. The molecule has 1 aromatic carbocycles. The van der Waals surface area contributed by atoms with Gasteiger partial charge in [0.25, 0.3) is 0 Å². The number of fused-ring (bicyclic) bond motifs is 2. The van der Waals surface area contributed by atoms with Crippen molar-refractivity contribution in [3.05, 3.63) is 34.6 Å². The lowest BCUT2D eigenvalue weighted by Crippen LogP contribution is -2.35. The first-order valence-electron chi connectivity index (χ1n) is 6.83. The summed E-state index contributed by atoms with van der Waals surface area (Å²) in [4.78, 5) is 0. The molecular weight excluding hydrogens is 249 g/mol. The van der Waals surface area contributed by atoms with E-state index >= 15 is 0 Å². The van der Waals surface area contributed by atoms with Crippen molar-refractivity contribution in [2.45, 2.75) is 38.1 Å². The van der Waals surface area contributed by atoms with Gasteiger partial charge in [-0.1, -0.05) is 30.2 Å². The van der Waals surface area contributed by atoms with Crippen molar-refractivity contribution in [1.29, 1.82) is 0 Å². The summed E-state index contributed by atoms with van der Waals surface area (Å²) in [5.41, 5.74) is 6.97. The van der Waals surface area contributed by atoms with Crippen molar-refractivity contribution in [1.82, 2.24) is 0 Å². The van der Waals surface area contributed by atoms with E-state index in [-0.39, 0.29) is 16.9 Å². The lowest BCUT2D eigenvalue weighted by Gasteiger charge is -2.28. The Morgan fingerprint density at radius 2 is 2.17 bits per heavy atom. The van der Waals surface area contributed by atoms with Crippen LogP contribution in [0.1, 0.15) is 31.2 Å². The van der Waals surface area contributed by atoms with E-state index < -0.39 is 0 Å². The molecule has 1 nitrogen and oxygen atoms in total. The summed E-state index contributed by atoms with van der Waals surface area (Å²) >= 11 is 5.80. The van der Waals surface area contributed by atoms with Gasteiger partial charge in [0.1, 0.15) is 5.82 Å². The molecule has 2 fully saturated rings. The summed E-state index contributed by atoms with van der Waals surface area (Å²) < 4.78 is 13.8. The second-order valence-corrected chi connectivity index (χ2v) is 6.33. The van der Waals surface area contributed by atoms with Crippen LogP contribution in [0.2, 0.25) is 5.02 Å². The second-order valence-electron chi connectivity index (χ2n) is 5.92. The molecule has 4 unspecified atom stereocenters. The molecule has 18 heavy (non-hydrogen) atoms. The molecule has 98 valence electrons. The SMILES string of the molecule is NC(Cc1cccc(Cl)c1F)C1CC2CCC1C2. The van der Waals surface area contributed by atoms with E-state index in [2.05, 4.69) is 0 Å². The number of halogens is 2. The fourth-order valence-electron chi connectivity index (χ4n) is 3.93. The fourth-order valence-corrected chi connectivity index (χ4v) is 4.12. The minimum Gasteiger partial charge on any atom is -0.327 e. The third kappa shape index (κ3) is 2.17. The molecule has 0 saturated heterocycles. The molecular formula is C15H19ClFN. The summed E-state index contributed by atoms with van der Waals surface area (Å²) in [6.45, 7) is 0. The normalized spacial score (nSPS) is 31.8. The number of hydrogen-bond donors (Lipinski definition) is 1. The van der Waals surface area contributed by atoms with Gasteiger partial charge in [-0.2, -0.15) is 0 Å². The quantitative estimate of drug-likeness (QED) is 0.886. The van der Waals surface area contributed by atoms with Crippen LogP contribution < -0.4 is 5.73 Å². The van der Waals surface area contributed by atoms with Gasteiger partial charge in [0, 0.05) is 6.04 Å². The average Bonchev–Trinajstić information content (AvgIpc) is 2.97. The lowest BCUT2D eigenvalue weighted by molar-refractivity contribution is 0.279. The minimum atomic E-state index is -0.294. The molecule has 2 bridgehead atoms. The summed E-state index contributed by atoms with van der Waals surface area (Å²) in [7, 11) is 0. The highest BCUT2D eigenvalue weighted by atomic mass is 35.5. The first-order valence-corrected chi connectivity index (χ1v) is 7.21. The molecule has 0 aliphatic heterocycles. The smallest absolute Gasteiger partial charge is 0.145 e. The Labute approximate surface area is 113 Å². The first kappa shape index (κ1) is 12.4. The Bertz CT molecular complexity index is 448. The molecule has 0 spiro atoms. The van der Waals surface area contributed by atoms with Crippen LogP contribution in [0.25, 0.3) is 0 Å². The summed E-state index contributed by atoms with van der Waals surface area (Å²) in [6.07, 6.45) is 5.89. The monoisotopic (exact) mass is 267 g/mol. The van der Waals surface area contributed by atoms with E-state index in [4.69, 9.17) is 17.3 Å². The van der Waals surface area contributed by atoms with Crippen molar-refractivity contribution >= 4 is 11.6 Å². The molecule has 2 N–H and O–H groups in total. The Morgan fingerprint density at radius 1 is 1.33 bits per heavy atom. The molecule has 2 aliphatic rings. The maximum Gasteiger partial charge on any atom is 0.145 e. The Kier molecular flexibility index (Phi) is 3.33. The third-order valence-electron chi connectivity index (χ3n) is 4.83. The molecule has 3 rings (SSSR count). The largest absolute Gasteiger partial charge is 0.327 e. The van der Waals surface area contributed by atoms with E-state index in [0.29, 0.717) is 17.9 Å². The second kappa shape index (κ2) is 4.82. The Balaban J connectivity index is 1.71. The number of hydrogen-bond acceptors (Lipinski definition) is 1. The molecule has 0 heterocycles. The first-order chi connectivity index (χ1) is 8.65. The highest BCUT2D eigenvalue weighted by Gasteiger charge is 2.42. The van der Waals surface area contributed by atoms with Gasteiger partial charge >= 0.3 is 0 Å². The Hall–Kier alpha value is -0.600. The van der Waals surface area contributed by atoms with Gasteiger partial charge in [0.15, 0.2) is 0 Å². The van der Waals surface area contributed by atoms with Crippen LogP contribution in [0.5, 0.6) is 0 Å². The summed E-state index contributed by atoms with van der Waals surface area (Å²) in [6, 6.07) is 5.26. The van der Waals surface area contributed by atoms with Crippen LogP contribution >= 0.6 is 11.6 Å². The van der Waals surface area contributed by atoms with Crippen molar-refractivity contribution < 1.29 is 4.39 Å². The van der Waals surface area contributed by atoms with Crippen LogP contribution in [0, 0.1) is 23.6 Å². The zero-order chi connectivity index (χ0) is 12.7. The van der Waals surface area contributed by atoms with Gasteiger partial charge in [-0.15, -0.1) is 0 Å². The Morgan fingerprint density at radius 3 is 2.83 bits per heavy atom. The van der Waals surface area contributed by atoms with E-state index in [1.54, 1.807) is 18.2 Å². The van der Waals surface area contributed by atoms with Crippen LogP contribution in [0.4, 0.5) is 4.39 Å². The highest BCUT2D eigenvalue weighted by molar-refractivity contribution is 6.30. The van der Waals surface area contributed by atoms with Crippen molar-refractivity contribution in [3.63, 3.8) is 0 Å². The number of benzene rings is 1. The average molecular weight is 268 g/mol. The van der Waals surface area contributed by atoms with Gasteiger partial charge in [-0.25, -0.2) is 4.39 Å². The highest BCUT2D eigenvalue weighted by Crippen LogP contribution is 2.49. The number of rotatable bonds is 3. The predicted molar refractivity (Wildman–Crippen MR) is 72.0 cm³/mol. The van der Waals surface area contributed by atoms with E-state index in [9.17, 15) is 4.39 Å². The maximum atomic E-state index is 13.8. The van der Waals surface area contributed by atoms with Gasteiger partial charge in [0.05, 0.1) is 5.02 Å². The van der Waals surface area contributed by atoms with E-state index in [0.717, 1.165) is 11.8 Å². The molecule has 2 saturated carbocycles. The molecule has 0 amide bonds. The molecule has 0 radical (unpaired) electrons. The van der Waals surface area contributed by atoms with Gasteiger partial charge in [0.2, 0.25) is 0 Å². The summed E-state index contributed by atoms with van der Waals surface area (Å²) in [5, 5.41) is 0.202. The topological polar surface area (TPSA) is 26.0 Å². The van der Waals surface area contributed by atoms with Gasteiger partial charge in [-0.05, 0) is 55.1 Å². The molecule has 1 aromatic rings. The zero-order valence-corrected chi connectivity index (χ0v) is 11.2.